The summed E-state index contributed by atoms with van der Waals surface area (Å²) in [5.41, 5.74) is 0.645. The van der Waals surface area contributed by atoms with Gasteiger partial charge in [-0.05, 0) is 25.0 Å². The number of carboxylic acid groups (broad SMARTS) is 1. The molecule has 1 aromatic rings. The molecule has 0 unspecified atom stereocenters. The van der Waals surface area contributed by atoms with E-state index in [-0.39, 0.29) is 18.4 Å². The molecule has 1 saturated carbocycles. The molecule has 1 amide bonds. The van der Waals surface area contributed by atoms with Crippen LogP contribution in [0.1, 0.15) is 38.5 Å². The van der Waals surface area contributed by atoms with Crippen molar-refractivity contribution in [2.45, 2.75) is 38.5 Å². The Bertz CT molecular complexity index is 493. The first-order valence-corrected chi connectivity index (χ1v) is 7.40. The Morgan fingerprint density at radius 1 is 1.19 bits per heavy atom. The minimum absolute atomic E-state index is 0.0484. The Morgan fingerprint density at radius 2 is 1.90 bits per heavy atom. The van der Waals surface area contributed by atoms with Crippen molar-refractivity contribution < 1.29 is 19.4 Å². The summed E-state index contributed by atoms with van der Waals surface area (Å²) >= 11 is 0. The molecule has 21 heavy (non-hydrogen) atoms. The molecule has 0 bridgehead atoms. The fraction of sp³-hybridized carbons (Fsp3) is 0.500. The van der Waals surface area contributed by atoms with Crippen LogP contribution in [0.4, 0.5) is 5.69 Å². The van der Waals surface area contributed by atoms with Crippen molar-refractivity contribution in [2.75, 3.05) is 11.9 Å². The highest BCUT2D eigenvalue weighted by Gasteiger charge is 2.20. The number of nitrogens with one attached hydrogen (secondary N) is 1. The van der Waals surface area contributed by atoms with E-state index in [4.69, 9.17) is 9.84 Å². The van der Waals surface area contributed by atoms with Crippen LogP contribution >= 0.6 is 0 Å². The molecular weight excluding hydrogens is 270 g/mol. The van der Waals surface area contributed by atoms with Crippen LogP contribution in [0.25, 0.3) is 0 Å². The molecule has 1 aliphatic rings. The first kappa shape index (κ1) is 15.4. The third-order valence-electron chi connectivity index (χ3n) is 3.69. The Labute approximate surface area is 124 Å². The fourth-order valence-electron chi connectivity index (χ4n) is 2.59. The molecule has 2 rings (SSSR count). The number of amides is 1. The van der Waals surface area contributed by atoms with Gasteiger partial charge in [0.15, 0.2) is 6.61 Å². The molecule has 0 radical (unpaired) electrons. The van der Waals surface area contributed by atoms with E-state index in [0.717, 1.165) is 25.7 Å². The lowest BCUT2D eigenvalue weighted by Gasteiger charge is -2.14. The molecule has 0 saturated heterocycles. The van der Waals surface area contributed by atoms with Gasteiger partial charge in [-0.1, -0.05) is 31.7 Å². The van der Waals surface area contributed by atoms with Crippen LogP contribution in [0.5, 0.6) is 5.75 Å². The third-order valence-corrected chi connectivity index (χ3v) is 3.69. The Kier molecular flexibility index (Phi) is 5.60. The molecule has 5 heteroatoms. The van der Waals surface area contributed by atoms with Gasteiger partial charge in [-0.2, -0.15) is 0 Å². The Balaban J connectivity index is 1.93. The van der Waals surface area contributed by atoms with E-state index in [1.165, 1.54) is 12.8 Å². The minimum Gasteiger partial charge on any atom is -0.482 e. The van der Waals surface area contributed by atoms with Gasteiger partial charge in [0, 0.05) is 17.7 Å². The average Bonchev–Trinajstić information content (AvgIpc) is 2.74. The van der Waals surface area contributed by atoms with Gasteiger partial charge in [-0.25, -0.2) is 4.79 Å². The molecule has 0 aromatic heterocycles. The minimum atomic E-state index is -1.03. The van der Waals surface area contributed by atoms with Crippen LogP contribution < -0.4 is 10.1 Å². The molecular formula is C16H21NO4. The number of hydrogen-bond acceptors (Lipinski definition) is 3. The predicted molar refractivity (Wildman–Crippen MR) is 79.4 cm³/mol. The van der Waals surface area contributed by atoms with Crippen molar-refractivity contribution >= 4 is 17.6 Å². The number of carbonyl (C=O) groups excluding carboxylic acids is 1. The number of carbonyl (C=O) groups is 2. The van der Waals surface area contributed by atoms with Crippen LogP contribution in [0.3, 0.4) is 0 Å². The third kappa shape index (κ3) is 5.10. The number of benzene rings is 1. The summed E-state index contributed by atoms with van der Waals surface area (Å²) in [6, 6.07) is 6.84. The molecule has 114 valence electrons. The smallest absolute Gasteiger partial charge is 0.341 e. The van der Waals surface area contributed by atoms with E-state index >= 15 is 0 Å². The van der Waals surface area contributed by atoms with E-state index in [0.29, 0.717) is 11.4 Å². The number of hydrogen-bond donors (Lipinski definition) is 2. The second-order valence-electron chi connectivity index (χ2n) is 5.39. The first-order chi connectivity index (χ1) is 10.1. The van der Waals surface area contributed by atoms with Crippen LogP contribution in [-0.2, 0) is 9.59 Å². The summed E-state index contributed by atoms with van der Waals surface area (Å²) in [4.78, 5) is 22.7. The molecule has 1 aliphatic carbocycles. The Morgan fingerprint density at radius 3 is 2.57 bits per heavy atom. The summed E-state index contributed by atoms with van der Waals surface area (Å²) in [5.74, 6) is -0.456. The molecule has 0 spiro atoms. The van der Waals surface area contributed by atoms with Gasteiger partial charge >= 0.3 is 5.97 Å². The van der Waals surface area contributed by atoms with E-state index in [2.05, 4.69) is 5.32 Å². The van der Waals surface area contributed by atoms with E-state index in [9.17, 15) is 9.59 Å². The average molecular weight is 291 g/mol. The highest BCUT2D eigenvalue weighted by atomic mass is 16.5. The number of aliphatic carboxylic acids is 1. The van der Waals surface area contributed by atoms with Crippen LogP contribution in [0.15, 0.2) is 24.3 Å². The summed E-state index contributed by atoms with van der Waals surface area (Å²) in [6.07, 6.45) is 6.53. The molecule has 0 aliphatic heterocycles. The maximum atomic E-state index is 12.3. The van der Waals surface area contributed by atoms with Crippen molar-refractivity contribution in [3.05, 3.63) is 24.3 Å². The maximum Gasteiger partial charge on any atom is 0.341 e. The van der Waals surface area contributed by atoms with E-state index in [1.54, 1.807) is 24.3 Å². The summed E-state index contributed by atoms with van der Waals surface area (Å²) < 4.78 is 5.10. The normalized spacial score (nSPS) is 16.0. The summed E-state index contributed by atoms with van der Waals surface area (Å²) in [7, 11) is 0. The molecule has 1 fully saturated rings. The highest BCUT2D eigenvalue weighted by molar-refractivity contribution is 5.92. The van der Waals surface area contributed by atoms with Crippen molar-refractivity contribution in [1.82, 2.24) is 0 Å². The van der Waals surface area contributed by atoms with Crippen LogP contribution in [-0.4, -0.2) is 23.6 Å². The van der Waals surface area contributed by atoms with Crippen molar-refractivity contribution in [3.8, 4) is 5.75 Å². The van der Waals surface area contributed by atoms with Gasteiger partial charge in [-0.3, -0.25) is 4.79 Å². The molecule has 2 N–H and O–H groups in total. The second-order valence-corrected chi connectivity index (χ2v) is 5.39. The number of rotatable bonds is 5. The van der Waals surface area contributed by atoms with Gasteiger partial charge in [-0.15, -0.1) is 0 Å². The first-order valence-electron chi connectivity index (χ1n) is 7.40. The summed E-state index contributed by atoms with van der Waals surface area (Å²) in [6.45, 7) is -0.389. The van der Waals surface area contributed by atoms with Gasteiger partial charge in [0.2, 0.25) is 5.91 Å². The number of ether oxygens (including phenoxy) is 1. The molecule has 1 aromatic carbocycles. The van der Waals surface area contributed by atoms with Crippen molar-refractivity contribution in [3.63, 3.8) is 0 Å². The van der Waals surface area contributed by atoms with E-state index in [1.807, 2.05) is 0 Å². The number of carboxylic acids is 1. The topological polar surface area (TPSA) is 75.6 Å². The standard InChI is InChI=1S/C16H21NO4/c18-15(19)11-21-14-9-5-8-13(10-14)17-16(20)12-6-3-1-2-4-7-12/h5,8-10,12H,1-4,6-7,11H2,(H,17,20)(H,18,19). The zero-order valence-electron chi connectivity index (χ0n) is 12.0. The maximum absolute atomic E-state index is 12.3. The predicted octanol–water partition coefficient (Wildman–Crippen LogP) is 3.06. The lowest BCUT2D eigenvalue weighted by molar-refractivity contribution is -0.139. The molecule has 0 atom stereocenters. The van der Waals surface area contributed by atoms with E-state index < -0.39 is 5.97 Å². The van der Waals surface area contributed by atoms with Gasteiger partial charge in [0.25, 0.3) is 0 Å². The Hall–Kier alpha value is -2.04. The van der Waals surface area contributed by atoms with Gasteiger partial charge in [0.05, 0.1) is 0 Å². The van der Waals surface area contributed by atoms with Crippen LogP contribution in [0.2, 0.25) is 0 Å². The largest absolute Gasteiger partial charge is 0.482 e. The summed E-state index contributed by atoms with van der Waals surface area (Å²) in [5, 5.41) is 11.5. The number of anilines is 1. The lowest BCUT2D eigenvalue weighted by atomic mass is 9.99. The molecule has 5 nitrogen and oxygen atoms in total. The fourth-order valence-corrected chi connectivity index (χ4v) is 2.59. The van der Waals surface area contributed by atoms with Crippen LogP contribution in [0, 0.1) is 5.92 Å². The lowest BCUT2D eigenvalue weighted by Crippen LogP contribution is -2.22. The monoisotopic (exact) mass is 291 g/mol. The van der Waals surface area contributed by atoms with Crippen molar-refractivity contribution in [2.24, 2.45) is 5.92 Å². The zero-order chi connectivity index (χ0) is 15.1. The van der Waals surface area contributed by atoms with Gasteiger partial charge < -0.3 is 15.2 Å². The van der Waals surface area contributed by atoms with Gasteiger partial charge in [0.1, 0.15) is 5.75 Å². The van der Waals surface area contributed by atoms with Crippen molar-refractivity contribution in [1.29, 1.82) is 0 Å². The quantitative estimate of drug-likeness (QED) is 0.817. The zero-order valence-corrected chi connectivity index (χ0v) is 12.0. The second kappa shape index (κ2) is 7.67. The molecule has 0 heterocycles. The highest BCUT2D eigenvalue weighted by Crippen LogP contribution is 2.25. The SMILES string of the molecule is O=C(O)COc1cccc(NC(=O)C2CCCCCC2)c1.